The van der Waals surface area contributed by atoms with Crippen LogP contribution < -0.4 is 21.2 Å². The number of aliphatic hydroxyl groups excluding tert-OH is 1. The van der Waals surface area contributed by atoms with Gasteiger partial charge in [-0.25, -0.2) is 4.79 Å². The van der Waals surface area contributed by atoms with Gasteiger partial charge in [-0.1, -0.05) is 42.5 Å². The van der Waals surface area contributed by atoms with Crippen LogP contribution >= 0.6 is 0 Å². The molecule has 2 aliphatic rings. The molecule has 0 radical (unpaired) electrons. The molecule has 1 aromatic heterocycles. The lowest BCUT2D eigenvalue weighted by Gasteiger charge is -2.43. The Balaban J connectivity index is 1.66. The standard InChI is InChI=1S/C33H36N2O7/c1-4-19(2)32(39)41-26-16-23-29(38)28-25(37)15-22(18-36)40-31(28)24(14-20-8-6-5-7-9-20)30(23)42-33(26,3)13-12-21-10-11-27(34)35-17-21/h4-11,15,17,26-27,35-36,38H,12-14,16,18,34H2,1-3H3. The van der Waals surface area contributed by atoms with Gasteiger partial charge in [0.25, 0.3) is 0 Å². The van der Waals surface area contributed by atoms with Gasteiger partial charge < -0.3 is 35.2 Å². The highest BCUT2D eigenvalue weighted by atomic mass is 16.6. The van der Waals surface area contributed by atoms with E-state index < -0.39 is 29.7 Å². The molecule has 3 atom stereocenters. The number of nitrogens with two attached hydrogens (primary N) is 1. The van der Waals surface area contributed by atoms with Crippen LogP contribution in [0.1, 0.15) is 56.1 Å². The number of esters is 1. The van der Waals surface area contributed by atoms with Crippen molar-refractivity contribution in [1.82, 2.24) is 5.32 Å². The first-order chi connectivity index (χ1) is 20.1. The summed E-state index contributed by atoms with van der Waals surface area (Å²) in [4.78, 5) is 26.2. The van der Waals surface area contributed by atoms with Crippen LogP contribution in [-0.2, 0) is 29.0 Å². The molecule has 9 nitrogen and oxygen atoms in total. The fraction of sp³-hybridized carbons (Fsp3) is 0.333. The SMILES string of the molecule is CC=C(C)C(=O)OC1Cc2c(c(Cc3ccccc3)c3oc(CO)cc(=O)c3c2O)OC1(C)CCC1=CNC(N)C=C1. The molecule has 0 bridgehead atoms. The zero-order valence-corrected chi connectivity index (χ0v) is 24.0. The predicted octanol–water partition coefficient (Wildman–Crippen LogP) is 4.26. The van der Waals surface area contributed by atoms with Crippen LogP contribution in [0.15, 0.2) is 81.2 Å². The number of phenolic OH excluding ortho intramolecular Hbond substituents is 1. The number of hydrogen-bond donors (Lipinski definition) is 4. The lowest BCUT2D eigenvalue weighted by atomic mass is 9.82. The summed E-state index contributed by atoms with van der Waals surface area (Å²) in [5.41, 5.74) is 7.90. The Hall–Kier alpha value is -4.34. The lowest BCUT2D eigenvalue weighted by molar-refractivity contribution is -0.158. The largest absolute Gasteiger partial charge is 0.507 e. The molecule has 5 rings (SSSR count). The average Bonchev–Trinajstić information content (AvgIpc) is 2.99. The van der Waals surface area contributed by atoms with Crippen molar-refractivity contribution in [3.8, 4) is 11.5 Å². The number of ether oxygens (including phenoxy) is 2. The van der Waals surface area contributed by atoms with E-state index in [1.807, 2.05) is 55.6 Å². The van der Waals surface area contributed by atoms with Crippen LogP contribution in [0.2, 0.25) is 0 Å². The average molecular weight is 573 g/mol. The molecule has 3 heterocycles. The summed E-state index contributed by atoms with van der Waals surface area (Å²) in [6, 6.07) is 10.8. The molecule has 3 unspecified atom stereocenters. The zero-order valence-electron chi connectivity index (χ0n) is 24.0. The highest BCUT2D eigenvalue weighted by Crippen LogP contribution is 2.48. The monoisotopic (exact) mass is 572 g/mol. The number of dihydropyridines is 1. The molecular weight excluding hydrogens is 536 g/mol. The van der Waals surface area contributed by atoms with E-state index in [1.54, 1.807) is 19.9 Å². The molecule has 42 heavy (non-hydrogen) atoms. The van der Waals surface area contributed by atoms with Crippen molar-refractivity contribution in [2.45, 2.75) is 70.9 Å². The molecule has 3 aromatic rings. The first-order valence-electron chi connectivity index (χ1n) is 14.0. The van der Waals surface area contributed by atoms with Gasteiger partial charge in [-0.15, -0.1) is 0 Å². The van der Waals surface area contributed by atoms with Gasteiger partial charge >= 0.3 is 5.97 Å². The molecule has 0 saturated carbocycles. The number of hydrogen-bond acceptors (Lipinski definition) is 9. The highest BCUT2D eigenvalue weighted by molar-refractivity contribution is 5.91. The fourth-order valence-corrected chi connectivity index (χ4v) is 5.37. The first-order valence-corrected chi connectivity index (χ1v) is 14.0. The van der Waals surface area contributed by atoms with Crippen molar-refractivity contribution >= 4 is 16.9 Å². The highest BCUT2D eigenvalue weighted by Gasteiger charge is 2.46. The maximum absolute atomic E-state index is 13.2. The number of nitrogens with one attached hydrogen (secondary N) is 1. The molecule has 0 fully saturated rings. The smallest absolute Gasteiger partial charge is 0.333 e. The Bertz CT molecular complexity index is 1650. The summed E-state index contributed by atoms with van der Waals surface area (Å²) in [7, 11) is 0. The Morgan fingerprint density at radius 2 is 2.05 bits per heavy atom. The Labute approximate surface area is 243 Å². The van der Waals surface area contributed by atoms with Crippen molar-refractivity contribution in [2.75, 3.05) is 0 Å². The second-order valence-electron chi connectivity index (χ2n) is 11.0. The Kier molecular flexibility index (Phi) is 8.24. The number of allylic oxidation sites excluding steroid dienone is 3. The minimum absolute atomic E-state index is 0.00120. The summed E-state index contributed by atoms with van der Waals surface area (Å²) in [5, 5.41) is 24.3. The van der Waals surface area contributed by atoms with Crippen LogP contribution in [0.4, 0.5) is 0 Å². The van der Waals surface area contributed by atoms with E-state index in [1.165, 1.54) is 6.07 Å². The summed E-state index contributed by atoms with van der Waals surface area (Å²) in [6.07, 6.45) is 7.86. The molecular formula is C33H36N2O7. The molecule has 2 aliphatic heterocycles. The third-order valence-corrected chi connectivity index (χ3v) is 8.02. The van der Waals surface area contributed by atoms with Crippen LogP contribution in [0, 0.1) is 0 Å². The van der Waals surface area contributed by atoms with Gasteiger partial charge in [0.1, 0.15) is 46.5 Å². The van der Waals surface area contributed by atoms with E-state index in [9.17, 15) is 19.8 Å². The molecule has 220 valence electrons. The van der Waals surface area contributed by atoms with Crippen LogP contribution in [-0.4, -0.2) is 34.1 Å². The molecule has 9 heteroatoms. The van der Waals surface area contributed by atoms with Crippen molar-refractivity contribution in [2.24, 2.45) is 5.73 Å². The van der Waals surface area contributed by atoms with Crippen molar-refractivity contribution in [1.29, 1.82) is 0 Å². The van der Waals surface area contributed by atoms with Gasteiger partial charge in [0.2, 0.25) is 0 Å². The topological polar surface area (TPSA) is 144 Å². The van der Waals surface area contributed by atoms with Gasteiger partial charge in [-0.3, -0.25) is 4.79 Å². The number of carbonyl (C=O) groups is 1. The number of benzene rings is 2. The summed E-state index contributed by atoms with van der Waals surface area (Å²) in [5.74, 6) is -0.304. The molecule has 0 amide bonds. The molecule has 0 aliphatic carbocycles. The quantitative estimate of drug-likeness (QED) is 0.230. The number of fused-ring (bicyclic) bond motifs is 2. The van der Waals surface area contributed by atoms with Gasteiger partial charge in [-0.05, 0) is 50.8 Å². The predicted molar refractivity (Wildman–Crippen MR) is 159 cm³/mol. The van der Waals surface area contributed by atoms with Gasteiger partial charge in [0, 0.05) is 41.8 Å². The summed E-state index contributed by atoms with van der Waals surface area (Å²) >= 11 is 0. The number of carbonyl (C=O) groups excluding carboxylic acids is 1. The van der Waals surface area contributed by atoms with Crippen molar-refractivity contribution in [3.63, 3.8) is 0 Å². The minimum Gasteiger partial charge on any atom is -0.507 e. The van der Waals surface area contributed by atoms with E-state index in [0.717, 1.165) is 11.1 Å². The first kappa shape index (κ1) is 29.2. The third-order valence-electron chi connectivity index (χ3n) is 8.02. The normalized spacial score (nSPS) is 21.7. The van der Waals surface area contributed by atoms with Gasteiger partial charge in [0.05, 0.1) is 6.17 Å². The molecule has 2 aromatic carbocycles. The number of phenols is 1. The molecule has 0 spiro atoms. The van der Waals surface area contributed by atoms with Crippen molar-refractivity contribution in [3.05, 3.63) is 105 Å². The number of rotatable bonds is 8. The van der Waals surface area contributed by atoms with Crippen molar-refractivity contribution < 1.29 is 28.9 Å². The molecule has 5 N–H and O–H groups in total. The lowest BCUT2D eigenvalue weighted by Crippen LogP contribution is -2.51. The summed E-state index contributed by atoms with van der Waals surface area (Å²) < 4.78 is 18.8. The maximum Gasteiger partial charge on any atom is 0.333 e. The zero-order chi connectivity index (χ0) is 30.0. The number of aliphatic hydroxyl groups is 1. The van der Waals surface area contributed by atoms with E-state index in [0.29, 0.717) is 41.7 Å². The maximum atomic E-state index is 13.2. The second-order valence-corrected chi connectivity index (χ2v) is 11.0. The third kappa shape index (κ3) is 5.70. The van der Waals surface area contributed by atoms with E-state index in [4.69, 9.17) is 19.6 Å². The summed E-state index contributed by atoms with van der Waals surface area (Å²) in [6.45, 7) is 4.85. The minimum atomic E-state index is -1.01. The van der Waals surface area contributed by atoms with E-state index in [-0.39, 0.29) is 35.1 Å². The van der Waals surface area contributed by atoms with Crippen LogP contribution in [0.5, 0.6) is 11.5 Å². The van der Waals surface area contributed by atoms with Gasteiger partial charge in [-0.2, -0.15) is 0 Å². The van der Waals surface area contributed by atoms with Crippen LogP contribution in [0.25, 0.3) is 11.0 Å². The Morgan fingerprint density at radius 3 is 2.71 bits per heavy atom. The van der Waals surface area contributed by atoms with E-state index in [2.05, 4.69) is 5.32 Å². The number of aromatic hydroxyl groups is 1. The van der Waals surface area contributed by atoms with Crippen LogP contribution in [0.3, 0.4) is 0 Å². The molecule has 0 saturated heterocycles. The van der Waals surface area contributed by atoms with Gasteiger partial charge in [0.15, 0.2) is 5.43 Å². The fourth-order valence-electron chi connectivity index (χ4n) is 5.37. The second kappa shape index (κ2) is 11.9. The van der Waals surface area contributed by atoms with E-state index >= 15 is 0 Å². The Morgan fingerprint density at radius 1 is 1.29 bits per heavy atom.